The fourth-order valence-corrected chi connectivity index (χ4v) is 7.68. The number of aryl methyl sites for hydroxylation is 1. The van der Waals surface area contributed by atoms with E-state index in [0.29, 0.717) is 0 Å². The van der Waals surface area contributed by atoms with Crippen molar-refractivity contribution in [3.63, 3.8) is 0 Å². The van der Waals surface area contributed by atoms with Crippen molar-refractivity contribution in [2.75, 3.05) is 0 Å². The number of fused-ring (bicyclic) bond motifs is 8. The number of rotatable bonds is 3. The van der Waals surface area contributed by atoms with Gasteiger partial charge in [-0.1, -0.05) is 81.0 Å². The van der Waals surface area contributed by atoms with Gasteiger partial charge in [0.25, 0.3) is 0 Å². The second kappa shape index (κ2) is 8.35. The number of nitrogens with zero attached hydrogens (tertiary/aromatic N) is 2. The van der Waals surface area contributed by atoms with Gasteiger partial charge in [0.2, 0.25) is 0 Å². The summed E-state index contributed by atoms with van der Waals surface area (Å²) in [5.74, 6) is 0. The first-order valence-electron chi connectivity index (χ1n) is 14.7. The van der Waals surface area contributed by atoms with Crippen molar-refractivity contribution in [1.82, 2.24) is 9.13 Å². The van der Waals surface area contributed by atoms with Gasteiger partial charge in [0.15, 0.2) is 0 Å². The number of aromatic nitrogens is 2. The maximum atomic E-state index is 2.50. The van der Waals surface area contributed by atoms with Crippen LogP contribution in [-0.2, 0) is 11.8 Å². The molecule has 0 unspecified atom stereocenters. The molecule has 0 fully saturated rings. The molecule has 0 saturated carbocycles. The molecule has 0 aliphatic heterocycles. The van der Waals surface area contributed by atoms with Crippen LogP contribution in [0.1, 0.15) is 62.9 Å². The molecule has 2 heteroatoms. The normalized spacial score (nSPS) is 15.9. The lowest BCUT2D eigenvalue weighted by Gasteiger charge is -2.23. The zero-order valence-corrected chi connectivity index (χ0v) is 23.8. The zero-order valence-electron chi connectivity index (χ0n) is 23.8. The molecule has 2 heterocycles. The summed E-state index contributed by atoms with van der Waals surface area (Å²) in [6.07, 6.45) is 7.89. The number of hydrogen-bond acceptors (Lipinski definition) is 0. The molecule has 0 spiro atoms. The van der Waals surface area contributed by atoms with Crippen LogP contribution < -0.4 is 0 Å². The van der Waals surface area contributed by atoms with Crippen LogP contribution in [0.4, 0.5) is 0 Å². The van der Waals surface area contributed by atoms with E-state index in [-0.39, 0.29) is 5.41 Å². The molecule has 0 saturated heterocycles. The van der Waals surface area contributed by atoms with Crippen molar-refractivity contribution in [1.29, 1.82) is 0 Å². The van der Waals surface area contributed by atoms with E-state index in [1.54, 1.807) is 0 Å². The quantitative estimate of drug-likeness (QED) is 0.221. The minimum Gasteiger partial charge on any atom is -0.310 e. The van der Waals surface area contributed by atoms with Crippen LogP contribution in [0.15, 0.2) is 96.6 Å². The molecular weight excluding hydrogens is 484 g/mol. The Labute approximate surface area is 235 Å². The first-order chi connectivity index (χ1) is 19.5. The van der Waals surface area contributed by atoms with Crippen molar-refractivity contribution in [3.05, 3.63) is 119 Å². The van der Waals surface area contributed by atoms with Crippen LogP contribution >= 0.6 is 0 Å². The fourth-order valence-electron chi connectivity index (χ4n) is 7.68. The predicted molar refractivity (Wildman–Crippen MR) is 171 cm³/mol. The second-order valence-electron chi connectivity index (χ2n) is 12.0. The Bertz CT molecular complexity index is 2060. The first-order valence-corrected chi connectivity index (χ1v) is 14.7. The van der Waals surface area contributed by atoms with E-state index in [2.05, 4.69) is 134 Å². The molecule has 0 radical (unpaired) electrons. The van der Waals surface area contributed by atoms with E-state index < -0.39 is 0 Å². The van der Waals surface area contributed by atoms with Crippen LogP contribution in [0, 0.1) is 0 Å². The summed E-state index contributed by atoms with van der Waals surface area (Å²) in [7, 11) is 0. The summed E-state index contributed by atoms with van der Waals surface area (Å²) in [6.45, 7) is 9.45. The number of allylic oxidation sites excluding steroid dienone is 3. The van der Waals surface area contributed by atoms with E-state index in [0.717, 1.165) is 19.3 Å². The third-order valence-electron chi connectivity index (χ3n) is 9.74. The van der Waals surface area contributed by atoms with Crippen molar-refractivity contribution < 1.29 is 0 Å². The molecule has 0 atom stereocenters. The number of benzene rings is 4. The van der Waals surface area contributed by atoms with E-state index in [1.165, 1.54) is 77.6 Å². The Morgan fingerprint density at radius 2 is 1.55 bits per heavy atom. The SMILES string of the molecule is CCC1=C(C)C(C)(C)c2c1ccc1c2c2ccccc2n1-c1ccc2c3c(n(-c4ccccc4)c2c1)C=CCC3. The molecule has 40 heavy (non-hydrogen) atoms. The fraction of sp³-hybridized carbons (Fsp3) is 0.211. The van der Waals surface area contributed by atoms with Gasteiger partial charge in [-0.2, -0.15) is 0 Å². The van der Waals surface area contributed by atoms with Crippen molar-refractivity contribution in [2.24, 2.45) is 0 Å². The van der Waals surface area contributed by atoms with Gasteiger partial charge in [0, 0.05) is 38.6 Å². The lowest BCUT2D eigenvalue weighted by atomic mass is 9.80. The van der Waals surface area contributed by atoms with Gasteiger partial charge in [0.1, 0.15) is 0 Å². The molecule has 2 aliphatic carbocycles. The molecule has 2 aromatic heterocycles. The van der Waals surface area contributed by atoms with E-state index in [9.17, 15) is 0 Å². The van der Waals surface area contributed by atoms with E-state index >= 15 is 0 Å². The van der Waals surface area contributed by atoms with Gasteiger partial charge in [-0.25, -0.2) is 0 Å². The molecule has 0 bridgehead atoms. The predicted octanol–water partition coefficient (Wildman–Crippen LogP) is 10.2. The zero-order chi connectivity index (χ0) is 27.2. The van der Waals surface area contributed by atoms with Gasteiger partial charge in [-0.3, -0.25) is 0 Å². The standard InChI is InChI=1S/C38H34N2/c1-5-27-24(2)38(3,4)37-30(27)21-22-34-36(37)31-16-10-12-18-33(31)40(34)26-19-20-29-28-15-9-11-17-32(28)39(35(29)23-26)25-13-7-6-8-14-25/h6-8,10-14,16-23H,5,9,15H2,1-4H3. The van der Waals surface area contributed by atoms with Crippen LogP contribution in [0.25, 0.3) is 55.7 Å². The summed E-state index contributed by atoms with van der Waals surface area (Å²) in [5, 5.41) is 4.11. The molecule has 2 aliphatic rings. The average molecular weight is 519 g/mol. The van der Waals surface area contributed by atoms with Gasteiger partial charge in [-0.05, 0) is 90.9 Å². The summed E-state index contributed by atoms with van der Waals surface area (Å²) in [6, 6.07) is 31.7. The highest BCUT2D eigenvalue weighted by molar-refractivity contribution is 6.13. The Morgan fingerprint density at radius 3 is 2.38 bits per heavy atom. The Kier molecular flexibility index (Phi) is 4.92. The minimum atomic E-state index is 0.00644. The maximum absolute atomic E-state index is 2.50. The van der Waals surface area contributed by atoms with Crippen LogP contribution in [-0.4, -0.2) is 9.13 Å². The van der Waals surface area contributed by atoms with Crippen molar-refractivity contribution in [2.45, 2.75) is 52.4 Å². The highest BCUT2D eigenvalue weighted by atomic mass is 15.0. The number of hydrogen-bond donors (Lipinski definition) is 0. The third-order valence-corrected chi connectivity index (χ3v) is 9.74. The summed E-state index contributed by atoms with van der Waals surface area (Å²) >= 11 is 0. The number of para-hydroxylation sites is 2. The van der Waals surface area contributed by atoms with Crippen molar-refractivity contribution >= 4 is 44.4 Å². The monoisotopic (exact) mass is 518 g/mol. The van der Waals surface area contributed by atoms with Crippen LogP contribution in [0.3, 0.4) is 0 Å². The molecular formula is C38H34N2. The smallest absolute Gasteiger partial charge is 0.0558 e. The summed E-state index contributed by atoms with van der Waals surface area (Å²) < 4.78 is 4.95. The molecule has 0 N–H and O–H groups in total. The third kappa shape index (κ3) is 2.99. The van der Waals surface area contributed by atoms with Crippen LogP contribution in [0.2, 0.25) is 0 Å². The molecule has 0 amide bonds. The lowest BCUT2D eigenvalue weighted by molar-refractivity contribution is 0.644. The van der Waals surface area contributed by atoms with Gasteiger partial charge in [0.05, 0.1) is 16.6 Å². The minimum absolute atomic E-state index is 0.00644. The Hall–Kier alpha value is -4.30. The first kappa shape index (κ1) is 23.6. The van der Waals surface area contributed by atoms with Crippen LogP contribution in [0.5, 0.6) is 0 Å². The topological polar surface area (TPSA) is 9.86 Å². The highest BCUT2D eigenvalue weighted by Gasteiger charge is 2.37. The molecule has 2 nitrogen and oxygen atoms in total. The Morgan fingerprint density at radius 1 is 0.750 bits per heavy atom. The lowest BCUT2D eigenvalue weighted by Crippen LogP contribution is -2.16. The second-order valence-corrected chi connectivity index (χ2v) is 12.0. The van der Waals surface area contributed by atoms with Gasteiger partial charge < -0.3 is 9.13 Å². The van der Waals surface area contributed by atoms with Crippen molar-refractivity contribution in [3.8, 4) is 11.4 Å². The molecule has 8 rings (SSSR count). The molecule has 4 aromatic carbocycles. The summed E-state index contributed by atoms with van der Waals surface area (Å²) in [5.41, 5.74) is 15.0. The Balaban J connectivity index is 1.46. The largest absolute Gasteiger partial charge is 0.310 e. The molecule has 196 valence electrons. The average Bonchev–Trinajstić information content (AvgIpc) is 3.56. The van der Waals surface area contributed by atoms with E-state index in [1.807, 2.05) is 0 Å². The van der Waals surface area contributed by atoms with Gasteiger partial charge in [-0.15, -0.1) is 0 Å². The highest BCUT2D eigenvalue weighted by Crippen LogP contribution is 2.52. The van der Waals surface area contributed by atoms with Gasteiger partial charge >= 0.3 is 0 Å². The van der Waals surface area contributed by atoms with E-state index in [4.69, 9.17) is 0 Å². The molecule has 6 aromatic rings. The summed E-state index contributed by atoms with van der Waals surface area (Å²) in [4.78, 5) is 0. The maximum Gasteiger partial charge on any atom is 0.0558 e.